The quantitative estimate of drug-likeness (QED) is 0.312. The van der Waals surface area contributed by atoms with E-state index >= 15 is 0 Å². The second-order valence-electron chi connectivity index (χ2n) is 8.49. The number of benzene rings is 2. The maximum absolute atomic E-state index is 13.0. The molecule has 36 heavy (non-hydrogen) atoms. The first-order chi connectivity index (χ1) is 17.2. The van der Waals surface area contributed by atoms with Crippen molar-refractivity contribution in [3.8, 4) is 0 Å². The smallest absolute Gasteiger partial charge is 0.335 e. The van der Waals surface area contributed by atoms with Gasteiger partial charge in [0, 0.05) is 28.7 Å². The number of rotatable bonds is 9. The first kappa shape index (κ1) is 28.6. The van der Waals surface area contributed by atoms with Crippen molar-refractivity contribution < 1.29 is 34.5 Å². The Morgan fingerprint density at radius 3 is 2.31 bits per heavy atom. The first-order valence-corrected chi connectivity index (χ1v) is 11.7. The van der Waals surface area contributed by atoms with Gasteiger partial charge in [0.05, 0.1) is 12.1 Å². The van der Waals surface area contributed by atoms with Crippen molar-refractivity contribution >= 4 is 41.6 Å². The number of carboxylic acids is 2. The molecule has 11 heteroatoms. The van der Waals surface area contributed by atoms with E-state index in [9.17, 15) is 19.5 Å². The number of nitrogens with zero attached hydrogens (tertiary/aromatic N) is 1. The summed E-state index contributed by atoms with van der Waals surface area (Å²) in [5.74, 6) is -2.50. The Bertz CT molecular complexity index is 1070. The van der Waals surface area contributed by atoms with Crippen LogP contribution in [0.2, 0.25) is 5.02 Å². The Balaban J connectivity index is 0.00000145. The van der Waals surface area contributed by atoms with Gasteiger partial charge in [-0.1, -0.05) is 29.8 Å². The monoisotopic (exact) mass is 519 g/mol. The summed E-state index contributed by atoms with van der Waals surface area (Å²) in [6, 6.07) is 13.5. The lowest BCUT2D eigenvalue weighted by molar-refractivity contribution is -0.146. The van der Waals surface area contributed by atoms with Crippen LogP contribution < -0.4 is 11.1 Å². The zero-order valence-electron chi connectivity index (χ0n) is 19.6. The van der Waals surface area contributed by atoms with E-state index in [1.807, 2.05) is 24.3 Å². The van der Waals surface area contributed by atoms with Crippen LogP contribution in [-0.2, 0) is 19.8 Å². The standard InChI is InChI=1S/C24H28ClN3O5.CH2O2/c25-18-5-2-4-17(12-18)24(15-26)9-7-20(8-10-24)28(14-22(30)31)21(29)13-27-19-6-1-3-16(11-19)23(32)33;2-1-3/h1-6,11-12,20,27H,7-10,13-15,26H2,(H,30,31)(H,32,33);1H,(H,2,3)/t20-,24-;. The number of hydrogen-bond donors (Lipinski definition) is 5. The van der Waals surface area contributed by atoms with Crippen molar-refractivity contribution in [3.05, 3.63) is 64.7 Å². The number of nitrogens with one attached hydrogen (secondary N) is 1. The molecule has 0 radical (unpaired) electrons. The molecule has 1 aliphatic rings. The third-order valence-corrected chi connectivity index (χ3v) is 6.60. The molecule has 1 amide bonds. The molecule has 0 atom stereocenters. The van der Waals surface area contributed by atoms with Crippen molar-refractivity contribution in [2.75, 3.05) is 25.0 Å². The maximum Gasteiger partial charge on any atom is 0.335 e. The van der Waals surface area contributed by atoms with E-state index in [1.165, 1.54) is 17.0 Å². The normalized spacial score (nSPS) is 18.8. The summed E-state index contributed by atoms with van der Waals surface area (Å²) >= 11 is 6.17. The van der Waals surface area contributed by atoms with Gasteiger partial charge in [-0.25, -0.2) is 4.79 Å². The van der Waals surface area contributed by atoms with Gasteiger partial charge in [-0.3, -0.25) is 14.4 Å². The number of nitrogens with two attached hydrogens (primary N) is 1. The molecule has 0 aliphatic heterocycles. The van der Waals surface area contributed by atoms with Crippen molar-refractivity contribution in [1.29, 1.82) is 0 Å². The molecule has 1 aliphatic carbocycles. The number of hydrogen-bond acceptors (Lipinski definition) is 6. The van der Waals surface area contributed by atoms with Crippen LogP contribution in [0, 0.1) is 0 Å². The molecule has 1 saturated carbocycles. The van der Waals surface area contributed by atoms with Crippen LogP contribution in [-0.4, -0.2) is 70.2 Å². The summed E-state index contributed by atoms with van der Waals surface area (Å²) in [5.41, 5.74) is 7.54. The van der Waals surface area contributed by atoms with Gasteiger partial charge in [0.2, 0.25) is 5.91 Å². The summed E-state index contributed by atoms with van der Waals surface area (Å²) in [6.07, 6.45) is 2.67. The third kappa shape index (κ3) is 7.69. The summed E-state index contributed by atoms with van der Waals surface area (Å²) in [5, 5.41) is 28.9. The topological polar surface area (TPSA) is 170 Å². The molecule has 0 unspecified atom stereocenters. The Kier molecular flexibility index (Phi) is 10.7. The fourth-order valence-electron chi connectivity index (χ4n) is 4.50. The lowest BCUT2D eigenvalue weighted by atomic mass is 9.68. The number of carbonyl (C=O) groups is 4. The van der Waals surface area contributed by atoms with Crippen LogP contribution in [0.5, 0.6) is 0 Å². The number of aromatic carboxylic acids is 1. The minimum Gasteiger partial charge on any atom is -0.483 e. The van der Waals surface area contributed by atoms with Gasteiger partial charge in [0.15, 0.2) is 0 Å². The largest absolute Gasteiger partial charge is 0.483 e. The number of carboxylic acid groups (broad SMARTS) is 3. The molecule has 2 aromatic carbocycles. The Morgan fingerprint density at radius 1 is 1.11 bits per heavy atom. The molecule has 0 spiro atoms. The lowest BCUT2D eigenvalue weighted by Crippen LogP contribution is -2.50. The second-order valence-corrected chi connectivity index (χ2v) is 8.92. The van der Waals surface area contributed by atoms with E-state index in [-0.39, 0.29) is 35.9 Å². The van der Waals surface area contributed by atoms with Gasteiger partial charge < -0.3 is 31.3 Å². The summed E-state index contributed by atoms with van der Waals surface area (Å²) in [6.45, 7) is -0.343. The molecule has 3 rings (SSSR count). The van der Waals surface area contributed by atoms with E-state index in [0.29, 0.717) is 42.9 Å². The predicted octanol–water partition coefficient (Wildman–Crippen LogP) is 2.90. The Labute approximate surface area is 213 Å². The third-order valence-electron chi connectivity index (χ3n) is 6.36. The maximum atomic E-state index is 13.0. The number of amides is 1. The number of aliphatic carboxylic acids is 1. The molecule has 0 heterocycles. The fraction of sp³-hybridized carbons (Fsp3) is 0.360. The second kappa shape index (κ2) is 13.5. The molecule has 1 fully saturated rings. The fourth-order valence-corrected chi connectivity index (χ4v) is 4.69. The van der Waals surface area contributed by atoms with E-state index in [1.54, 1.807) is 12.1 Å². The summed E-state index contributed by atoms with van der Waals surface area (Å²) in [4.78, 5) is 45.3. The van der Waals surface area contributed by atoms with Gasteiger partial charge in [0.25, 0.3) is 6.47 Å². The van der Waals surface area contributed by atoms with E-state index in [0.717, 1.165) is 5.56 Å². The minimum absolute atomic E-state index is 0.0984. The Hall–Kier alpha value is -3.63. The van der Waals surface area contributed by atoms with Gasteiger partial charge in [-0.2, -0.15) is 0 Å². The molecular formula is C25H30ClN3O7. The van der Waals surface area contributed by atoms with Gasteiger partial charge in [0.1, 0.15) is 6.54 Å². The number of carbonyl (C=O) groups excluding carboxylic acids is 1. The SMILES string of the molecule is NC[C@]1(c2cccc(Cl)c2)CC[C@H](N(CC(=O)O)C(=O)CNc2cccc(C(=O)O)c2)CC1.O=CO. The predicted molar refractivity (Wildman–Crippen MR) is 134 cm³/mol. The highest BCUT2D eigenvalue weighted by Gasteiger charge is 2.39. The van der Waals surface area contributed by atoms with Crippen molar-refractivity contribution in [2.45, 2.75) is 37.1 Å². The first-order valence-electron chi connectivity index (χ1n) is 11.3. The van der Waals surface area contributed by atoms with Gasteiger partial charge in [-0.15, -0.1) is 0 Å². The Morgan fingerprint density at radius 2 is 1.75 bits per heavy atom. The lowest BCUT2D eigenvalue weighted by Gasteiger charge is -2.43. The number of halogens is 1. The van der Waals surface area contributed by atoms with Crippen LogP contribution in [0.15, 0.2) is 48.5 Å². The van der Waals surface area contributed by atoms with E-state index in [2.05, 4.69) is 5.32 Å². The average Bonchev–Trinajstić information content (AvgIpc) is 2.86. The summed E-state index contributed by atoms with van der Waals surface area (Å²) < 4.78 is 0. The van der Waals surface area contributed by atoms with Crippen LogP contribution in [0.1, 0.15) is 41.6 Å². The summed E-state index contributed by atoms with van der Waals surface area (Å²) in [7, 11) is 0. The molecular weight excluding hydrogens is 490 g/mol. The van der Waals surface area contributed by atoms with Crippen molar-refractivity contribution in [2.24, 2.45) is 5.73 Å². The average molecular weight is 520 g/mol. The van der Waals surface area contributed by atoms with E-state index in [4.69, 9.17) is 32.3 Å². The molecule has 6 N–H and O–H groups in total. The van der Waals surface area contributed by atoms with Crippen molar-refractivity contribution in [1.82, 2.24) is 4.90 Å². The van der Waals surface area contributed by atoms with Crippen LogP contribution in [0.25, 0.3) is 0 Å². The molecule has 10 nitrogen and oxygen atoms in total. The molecule has 194 valence electrons. The molecule has 0 bridgehead atoms. The van der Waals surface area contributed by atoms with E-state index < -0.39 is 18.5 Å². The van der Waals surface area contributed by atoms with Gasteiger partial charge in [-0.05, 0) is 61.6 Å². The van der Waals surface area contributed by atoms with Crippen LogP contribution in [0.4, 0.5) is 5.69 Å². The molecule has 0 aromatic heterocycles. The van der Waals surface area contributed by atoms with Crippen molar-refractivity contribution in [3.63, 3.8) is 0 Å². The number of anilines is 1. The highest BCUT2D eigenvalue weighted by molar-refractivity contribution is 6.30. The van der Waals surface area contributed by atoms with Crippen LogP contribution in [0.3, 0.4) is 0 Å². The molecule has 0 saturated heterocycles. The van der Waals surface area contributed by atoms with Crippen LogP contribution >= 0.6 is 11.6 Å². The molecule has 2 aromatic rings. The zero-order valence-corrected chi connectivity index (χ0v) is 20.4. The zero-order chi connectivity index (χ0) is 26.7. The van der Waals surface area contributed by atoms with Gasteiger partial charge >= 0.3 is 11.9 Å². The highest BCUT2D eigenvalue weighted by Crippen LogP contribution is 2.40. The minimum atomic E-state index is -1.08. The highest BCUT2D eigenvalue weighted by atomic mass is 35.5.